The van der Waals surface area contributed by atoms with Crippen LogP contribution in [0.4, 0.5) is 10.5 Å². The van der Waals surface area contributed by atoms with E-state index in [0.29, 0.717) is 25.2 Å². The van der Waals surface area contributed by atoms with Crippen molar-refractivity contribution in [2.75, 3.05) is 18.0 Å². The molecule has 30 heavy (non-hydrogen) atoms. The molecule has 2 fully saturated rings. The van der Waals surface area contributed by atoms with Gasteiger partial charge in [-0.15, -0.1) is 0 Å². The molecule has 0 bridgehead atoms. The number of aromatic amines is 1. The van der Waals surface area contributed by atoms with Gasteiger partial charge < -0.3 is 20.3 Å². The van der Waals surface area contributed by atoms with E-state index in [4.69, 9.17) is 16.3 Å². The number of carbonyl (C=O) groups is 2. The molecule has 1 atom stereocenters. The fraction of sp³-hybridized carbons (Fsp3) is 0.700. The third-order valence-electron chi connectivity index (χ3n) is 5.60. The number of hydrogen-bond donors (Lipinski definition) is 3. The number of amides is 2. The van der Waals surface area contributed by atoms with Crippen LogP contribution in [0.5, 0.6) is 0 Å². The second kappa shape index (κ2) is 9.24. The minimum Gasteiger partial charge on any atom is -0.444 e. The van der Waals surface area contributed by atoms with E-state index in [-0.39, 0.29) is 29.1 Å². The van der Waals surface area contributed by atoms with Gasteiger partial charge in [-0.2, -0.15) is 5.10 Å². The summed E-state index contributed by atoms with van der Waals surface area (Å²) < 4.78 is 5.56. The summed E-state index contributed by atoms with van der Waals surface area (Å²) in [7, 11) is 0. The number of hydrogen-bond acceptors (Lipinski definition) is 6. The van der Waals surface area contributed by atoms with Crippen LogP contribution in [0, 0.1) is 5.41 Å². The third kappa shape index (κ3) is 5.65. The molecule has 2 amide bonds. The van der Waals surface area contributed by atoms with Crippen molar-refractivity contribution in [1.29, 1.82) is 0 Å². The summed E-state index contributed by atoms with van der Waals surface area (Å²) in [5.41, 5.74) is -0.296. The van der Waals surface area contributed by atoms with Crippen LogP contribution in [-0.4, -0.2) is 53.5 Å². The Morgan fingerprint density at radius 3 is 2.43 bits per heavy atom. The molecular weight excluding hydrogens is 410 g/mol. The Labute approximate surface area is 180 Å². The second-order valence-corrected chi connectivity index (χ2v) is 9.45. The minimum absolute atomic E-state index is 0.0455. The molecule has 2 heterocycles. The number of nitrogens with one attached hydrogen (secondary N) is 3. The highest BCUT2D eigenvalue weighted by molar-refractivity contribution is 6.33. The number of anilines is 1. The van der Waals surface area contributed by atoms with Gasteiger partial charge >= 0.3 is 6.09 Å². The molecule has 9 nitrogen and oxygen atoms in total. The number of carbonyl (C=O) groups excluding carboxylic acids is 2. The van der Waals surface area contributed by atoms with E-state index in [1.54, 1.807) is 0 Å². The van der Waals surface area contributed by atoms with Crippen LogP contribution in [0.1, 0.15) is 52.9 Å². The number of nitrogens with zero attached hydrogens (tertiary/aromatic N) is 2. The van der Waals surface area contributed by atoms with Crippen LogP contribution >= 0.6 is 11.6 Å². The lowest BCUT2D eigenvalue weighted by atomic mass is 9.89. The molecule has 0 unspecified atom stereocenters. The normalized spacial score (nSPS) is 24.4. The van der Waals surface area contributed by atoms with Crippen molar-refractivity contribution < 1.29 is 14.3 Å². The summed E-state index contributed by atoms with van der Waals surface area (Å²) in [6.07, 6.45) is 4.72. The van der Waals surface area contributed by atoms with Crippen LogP contribution < -0.4 is 21.1 Å². The molecule has 1 aliphatic carbocycles. The van der Waals surface area contributed by atoms with Gasteiger partial charge in [0.2, 0.25) is 5.91 Å². The van der Waals surface area contributed by atoms with Gasteiger partial charge in [-0.05, 0) is 25.7 Å². The van der Waals surface area contributed by atoms with E-state index >= 15 is 0 Å². The van der Waals surface area contributed by atoms with E-state index in [0.717, 1.165) is 25.7 Å². The Morgan fingerprint density at radius 2 is 1.80 bits per heavy atom. The van der Waals surface area contributed by atoms with E-state index in [9.17, 15) is 14.4 Å². The lowest BCUT2D eigenvalue weighted by Gasteiger charge is -2.31. The summed E-state index contributed by atoms with van der Waals surface area (Å²) in [6, 6.07) is 0.200. The number of ether oxygens (including phenoxy) is 1. The first-order valence-corrected chi connectivity index (χ1v) is 10.8. The predicted octanol–water partition coefficient (Wildman–Crippen LogP) is 2.20. The molecule has 1 aliphatic heterocycles. The molecule has 0 spiro atoms. The van der Waals surface area contributed by atoms with Gasteiger partial charge in [-0.1, -0.05) is 32.4 Å². The van der Waals surface area contributed by atoms with Crippen LogP contribution in [0.3, 0.4) is 0 Å². The van der Waals surface area contributed by atoms with E-state index in [1.807, 2.05) is 25.7 Å². The monoisotopic (exact) mass is 439 g/mol. The third-order valence-corrected chi connectivity index (χ3v) is 5.97. The SMILES string of the molecule is CC(C)(C)C(=O)N[C@H]1CC[C@H](NC(=O)O[C@@H]2CCN(c3cn[nH]c(=O)c3Cl)C2)CC1. The van der Waals surface area contributed by atoms with Crippen LogP contribution in [0.2, 0.25) is 5.02 Å². The van der Waals surface area contributed by atoms with Crippen molar-refractivity contribution in [3.63, 3.8) is 0 Å². The molecule has 1 saturated heterocycles. The Kier molecular flexibility index (Phi) is 6.90. The highest BCUT2D eigenvalue weighted by Gasteiger charge is 2.30. The van der Waals surface area contributed by atoms with Crippen LogP contribution in [-0.2, 0) is 9.53 Å². The molecule has 1 saturated carbocycles. The number of H-pyrrole nitrogens is 1. The lowest BCUT2D eigenvalue weighted by molar-refractivity contribution is -0.129. The average Bonchev–Trinajstić information content (AvgIpc) is 3.12. The smallest absolute Gasteiger partial charge is 0.407 e. The van der Waals surface area contributed by atoms with Crippen molar-refractivity contribution in [3.8, 4) is 0 Å². The zero-order valence-corrected chi connectivity index (χ0v) is 18.4. The molecular formula is C20H30ClN5O4. The minimum atomic E-state index is -0.439. The molecule has 3 rings (SSSR count). The topological polar surface area (TPSA) is 116 Å². The Balaban J connectivity index is 1.41. The predicted molar refractivity (Wildman–Crippen MR) is 114 cm³/mol. The van der Waals surface area contributed by atoms with Gasteiger partial charge in [0.05, 0.1) is 18.4 Å². The van der Waals surface area contributed by atoms with Gasteiger partial charge in [-0.3, -0.25) is 9.59 Å². The first-order valence-electron chi connectivity index (χ1n) is 10.4. The van der Waals surface area contributed by atoms with Crippen molar-refractivity contribution in [1.82, 2.24) is 20.8 Å². The summed E-state index contributed by atoms with van der Waals surface area (Å²) in [6.45, 7) is 6.78. The molecule has 0 aromatic carbocycles. The molecule has 2 aliphatic rings. The molecule has 1 aromatic heterocycles. The maximum Gasteiger partial charge on any atom is 0.407 e. The zero-order chi connectivity index (χ0) is 21.9. The van der Waals surface area contributed by atoms with Gasteiger partial charge in [0.15, 0.2) is 0 Å². The summed E-state index contributed by atoms with van der Waals surface area (Å²) in [5, 5.41) is 12.2. The van der Waals surface area contributed by atoms with E-state index < -0.39 is 17.1 Å². The molecule has 0 radical (unpaired) electrons. The molecule has 3 N–H and O–H groups in total. The van der Waals surface area contributed by atoms with Gasteiger partial charge in [0.1, 0.15) is 11.1 Å². The zero-order valence-electron chi connectivity index (χ0n) is 17.7. The Hall–Kier alpha value is -2.29. The maximum absolute atomic E-state index is 12.3. The second-order valence-electron chi connectivity index (χ2n) is 9.08. The number of halogens is 1. The number of alkyl carbamates (subject to hydrolysis) is 1. The number of aromatic nitrogens is 2. The largest absolute Gasteiger partial charge is 0.444 e. The fourth-order valence-corrected chi connectivity index (χ4v) is 3.98. The maximum atomic E-state index is 12.3. The highest BCUT2D eigenvalue weighted by Crippen LogP contribution is 2.26. The fourth-order valence-electron chi connectivity index (χ4n) is 3.77. The van der Waals surface area contributed by atoms with Crippen LogP contribution in [0.25, 0.3) is 0 Å². The van der Waals surface area contributed by atoms with Crippen molar-refractivity contribution >= 4 is 29.3 Å². The van der Waals surface area contributed by atoms with Crippen molar-refractivity contribution in [2.45, 2.75) is 71.1 Å². The molecule has 166 valence electrons. The Morgan fingerprint density at radius 1 is 1.17 bits per heavy atom. The average molecular weight is 440 g/mol. The number of rotatable bonds is 4. The highest BCUT2D eigenvalue weighted by atomic mass is 35.5. The standard InChI is InChI=1S/C20H30ClN5O4/c1-20(2,3)18(28)23-12-4-6-13(7-5-12)24-19(29)30-14-8-9-26(11-14)15-10-22-25-17(27)16(15)21/h10,12-14H,4-9,11H2,1-3H3,(H,23,28)(H,24,29)(H,25,27)/t12-,13-,14-/m1/s1. The van der Waals surface area contributed by atoms with Crippen molar-refractivity contribution in [3.05, 3.63) is 21.6 Å². The summed E-state index contributed by atoms with van der Waals surface area (Å²) in [5.74, 6) is 0.0554. The Bertz CT molecular complexity index is 829. The van der Waals surface area contributed by atoms with Gasteiger partial charge in [0.25, 0.3) is 5.56 Å². The lowest BCUT2D eigenvalue weighted by Crippen LogP contribution is -2.47. The van der Waals surface area contributed by atoms with E-state index in [1.165, 1.54) is 6.20 Å². The first kappa shape index (κ1) is 22.4. The quantitative estimate of drug-likeness (QED) is 0.662. The first-order chi connectivity index (χ1) is 14.1. The van der Waals surface area contributed by atoms with Crippen LogP contribution in [0.15, 0.2) is 11.0 Å². The van der Waals surface area contributed by atoms with E-state index in [2.05, 4.69) is 20.8 Å². The summed E-state index contributed by atoms with van der Waals surface area (Å²) >= 11 is 6.05. The summed E-state index contributed by atoms with van der Waals surface area (Å²) in [4.78, 5) is 37.9. The van der Waals surface area contributed by atoms with Gasteiger partial charge in [0, 0.05) is 30.5 Å². The van der Waals surface area contributed by atoms with Gasteiger partial charge in [-0.25, -0.2) is 9.89 Å². The molecule has 10 heteroatoms. The molecule has 1 aromatic rings. The van der Waals surface area contributed by atoms with Crippen molar-refractivity contribution in [2.24, 2.45) is 5.41 Å².